The molecule has 1 heterocycles. The highest BCUT2D eigenvalue weighted by molar-refractivity contribution is 6.01. The van der Waals surface area contributed by atoms with Crippen molar-refractivity contribution in [1.29, 1.82) is 0 Å². The lowest BCUT2D eigenvalue weighted by Crippen LogP contribution is -2.36. The molecule has 1 N–H and O–H groups in total. The number of Topliss-reactive ketones (excluding diaryl/α,β-unsaturated/α-hetero) is 1. The number of carbonyl (C=O) groups is 1. The third kappa shape index (κ3) is 3.80. The number of fused-ring (bicyclic) bond motifs is 1. The van der Waals surface area contributed by atoms with E-state index in [1.54, 1.807) is 0 Å². The summed E-state index contributed by atoms with van der Waals surface area (Å²) < 4.78 is 5.89. The van der Waals surface area contributed by atoms with E-state index < -0.39 is 0 Å². The number of hydrogen-bond donors (Lipinski definition) is 1. The molecule has 2 unspecified atom stereocenters. The van der Waals surface area contributed by atoms with Gasteiger partial charge < -0.3 is 10.1 Å². The van der Waals surface area contributed by atoms with Gasteiger partial charge in [0, 0.05) is 5.56 Å². The van der Waals surface area contributed by atoms with E-state index >= 15 is 0 Å². The number of ketones is 1. The van der Waals surface area contributed by atoms with Gasteiger partial charge in [-0.1, -0.05) is 20.3 Å². The number of unbranched alkanes of at least 4 members (excludes halogenated alkanes) is 1. The van der Waals surface area contributed by atoms with Crippen molar-refractivity contribution in [2.75, 3.05) is 25.5 Å². The Morgan fingerprint density at radius 2 is 2.23 bits per heavy atom. The lowest BCUT2D eigenvalue weighted by Gasteiger charge is -2.28. The molecular formula is C18H28N2O2. The van der Waals surface area contributed by atoms with Crippen molar-refractivity contribution in [3.63, 3.8) is 0 Å². The van der Waals surface area contributed by atoms with Crippen LogP contribution in [0, 0.1) is 0 Å². The van der Waals surface area contributed by atoms with Crippen LogP contribution < -0.4 is 10.1 Å². The number of benzene rings is 1. The van der Waals surface area contributed by atoms with Crippen LogP contribution in [-0.4, -0.2) is 43.0 Å². The molecule has 2 atom stereocenters. The fourth-order valence-electron chi connectivity index (χ4n) is 2.64. The zero-order chi connectivity index (χ0) is 16.1. The van der Waals surface area contributed by atoms with Gasteiger partial charge in [-0.2, -0.15) is 0 Å². The highest BCUT2D eigenvalue weighted by Gasteiger charge is 2.23. The van der Waals surface area contributed by atoms with Crippen molar-refractivity contribution in [2.24, 2.45) is 0 Å². The Balaban J connectivity index is 2.08. The number of hydrogen-bond acceptors (Lipinski definition) is 4. The molecular weight excluding hydrogens is 276 g/mol. The average Bonchev–Trinajstić information content (AvgIpc) is 2.57. The minimum absolute atomic E-state index is 0.0995. The molecule has 0 saturated carbocycles. The van der Waals surface area contributed by atoms with E-state index in [0.717, 1.165) is 49.4 Å². The van der Waals surface area contributed by atoms with E-state index in [1.165, 1.54) is 0 Å². The molecule has 0 spiro atoms. The number of carbonyl (C=O) groups excluding carboxylic acids is 1. The Labute approximate surface area is 133 Å². The molecule has 0 fully saturated rings. The van der Waals surface area contributed by atoms with Crippen LogP contribution in [0.15, 0.2) is 18.2 Å². The molecule has 1 aromatic carbocycles. The van der Waals surface area contributed by atoms with Crippen molar-refractivity contribution < 1.29 is 9.53 Å². The summed E-state index contributed by atoms with van der Waals surface area (Å²) in [6.45, 7) is 8.01. The summed E-state index contributed by atoms with van der Waals surface area (Å²) in [5, 5.41) is 3.37. The maximum Gasteiger partial charge on any atom is 0.179 e. The summed E-state index contributed by atoms with van der Waals surface area (Å²) in [7, 11) is 2.02. The van der Waals surface area contributed by atoms with Crippen LogP contribution in [0.4, 0.5) is 5.69 Å². The third-order valence-electron chi connectivity index (χ3n) is 4.44. The number of likely N-dealkylation sites (N-methyl/N-ethyl adjacent to an activating group) is 1. The largest absolute Gasteiger partial charge is 0.486 e. The maximum absolute atomic E-state index is 12.6. The maximum atomic E-state index is 12.6. The number of rotatable bonds is 7. The van der Waals surface area contributed by atoms with Crippen molar-refractivity contribution in [2.45, 2.75) is 52.2 Å². The summed E-state index contributed by atoms with van der Waals surface area (Å²) >= 11 is 0. The van der Waals surface area contributed by atoms with Crippen LogP contribution in [0.2, 0.25) is 0 Å². The summed E-state index contributed by atoms with van der Waals surface area (Å²) in [5.74, 6) is 1.02. The van der Waals surface area contributed by atoms with Gasteiger partial charge in [-0.05, 0) is 51.6 Å². The van der Waals surface area contributed by atoms with Crippen LogP contribution in [0.3, 0.4) is 0 Å². The number of nitrogens with zero attached hydrogens (tertiary/aromatic N) is 1. The second kappa shape index (κ2) is 7.63. The van der Waals surface area contributed by atoms with Crippen LogP contribution in [0.1, 0.15) is 50.4 Å². The SMILES string of the molecule is CCCCN(C)C(C)C(=O)c1ccc2c(c1)NCC(CC)O2. The summed E-state index contributed by atoms with van der Waals surface area (Å²) in [5.41, 5.74) is 1.68. The Morgan fingerprint density at radius 3 is 2.91 bits per heavy atom. The number of nitrogens with one attached hydrogen (secondary N) is 1. The standard InChI is InChI=1S/C18H28N2O2/c1-5-7-10-20(4)13(3)18(21)14-8-9-17-16(11-14)19-12-15(6-2)22-17/h8-9,11,13,15,19H,5-7,10,12H2,1-4H3. The summed E-state index contributed by atoms with van der Waals surface area (Å²) in [4.78, 5) is 14.8. The van der Waals surface area contributed by atoms with Crippen molar-refractivity contribution >= 4 is 11.5 Å². The van der Waals surface area contributed by atoms with Crippen LogP contribution in [0.5, 0.6) is 5.75 Å². The first kappa shape index (κ1) is 16.8. The molecule has 4 heteroatoms. The van der Waals surface area contributed by atoms with Gasteiger partial charge >= 0.3 is 0 Å². The molecule has 4 nitrogen and oxygen atoms in total. The van der Waals surface area contributed by atoms with E-state index in [2.05, 4.69) is 24.1 Å². The van der Waals surface area contributed by atoms with Gasteiger partial charge in [-0.15, -0.1) is 0 Å². The zero-order valence-electron chi connectivity index (χ0n) is 14.2. The van der Waals surface area contributed by atoms with Crippen molar-refractivity contribution in [3.8, 4) is 5.75 Å². The molecule has 122 valence electrons. The Morgan fingerprint density at radius 1 is 1.45 bits per heavy atom. The van der Waals surface area contributed by atoms with E-state index in [0.29, 0.717) is 0 Å². The van der Waals surface area contributed by atoms with Gasteiger partial charge in [-0.3, -0.25) is 9.69 Å². The molecule has 0 radical (unpaired) electrons. The van der Waals surface area contributed by atoms with Crippen molar-refractivity contribution in [3.05, 3.63) is 23.8 Å². The van der Waals surface area contributed by atoms with Crippen molar-refractivity contribution in [1.82, 2.24) is 4.90 Å². The molecule has 22 heavy (non-hydrogen) atoms. The lowest BCUT2D eigenvalue weighted by atomic mass is 10.0. The van der Waals surface area contributed by atoms with E-state index in [-0.39, 0.29) is 17.9 Å². The summed E-state index contributed by atoms with van der Waals surface area (Å²) in [6.07, 6.45) is 3.45. The predicted octanol–water partition coefficient (Wildman–Crippen LogP) is 3.57. The van der Waals surface area contributed by atoms with Gasteiger partial charge in [0.05, 0.1) is 18.3 Å². The van der Waals surface area contributed by atoms with Gasteiger partial charge in [0.2, 0.25) is 0 Å². The topological polar surface area (TPSA) is 41.6 Å². The third-order valence-corrected chi connectivity index (χ3v) is 4.44. The molecule has 0 saturated heterocycles. The zero-order valence-corrected chi connectivity index (χ0v) is 14.2. The van der Waals surface area contributed by atoms with E-state index in [1.807, 2.05) is 32.2 Å². The quantitative estimate of drug-likeness (QED) is 0.782. The molecule has 2 rings (SSSR count). The Bertz CT molecular complexity index is 516. The molecule has 1 aliphatic heterocycles. The fraction of sp³-hybridized carbons (Fsp3) is 0.611. The van der Waals surface area contributed by atoms with Gasteiger partial charge in [-0.25, -0.2) is 0 Å². The first-order valence-electron chi connectivity index (χ1n) is 8.35. The second-order valence-corrected chi connectivity index (χ2v) is 6.11. The molecule has 0 aliphatic carbocycles. The van der Waals surface area contributed by atoms with Crippen LogP contribution in [0.25, 0.3) is 0 Å². The first-order valence-corrected chi connectivity index (χ1v) is 8.35. The highest BCUT2D eigenvalue weighted by atomic mass is 16.5. The fourth-order valence-corrected chi connectivity index (χ4v) is 2.64. The summed E-state index contributed by atoms with van der Waals surface area (Å²) in [6, 6.07) is 5.62. The van der Waals surface area contributed by atoms with Gasteiger partial charge in [0.15, 0.2) is 5.78 Å². The smallest absolute Gasteiger partial charge is 0.179 e. The van der Waals surface area contributed by atoms with Gasteiger partial charge in [0.1, 0.15) is 11.9 Å². The molecule has 0 bridgehead atoms. The predicted molar refractivity (Wildman–Crippen MR) is 91.0 cm³/mol. The Hall–Kier alpha value is -1.55. The lowest BCUT2D eigenvalue weighted by molar-refractivity contribution is 0.0867. The minimum Gasteiger partial charge on any atom is -0.486 e. The number of ether oxygens (including phenoxy) is 1. The Kier molecular flexibility index (Phi) is 5.83. The molecule has 1 aliphatic rings. The van der Waals surface area contributed by atoms with E-state index in [9.17, 15) is 4.79 Å². The van der Waals surface area contributed by atoms with Crippen LogP contribution >= 0.6 is 0 Å². The monoisotopic (exact) mass is 304 g/mol. The average molecular weight is 304 g/mol. The molecule has 1 aromatic rings. The molecule has 0 aromatic heterocycles. The first-order chi connectivity index (χ1) is 10.6. The normalized spacial score (nSPS) is 18.3. The second-order valence-electron chi connectivity index (χ2n) is 6.11. The molecule has 0 amide bonds. The highest BCUT2D eigenvalue weighted by Crippen LogP contribution is 2.31. The number of anilines is 1. The van der Waals surface area contributed by atoms with E-state index in [4.69, 9.17) is 4.74 Å². The van der Waals surface area contributed by atoms with Crippen LogP contribution in [-0.2, 0) is 0 Å². The van der Waals surface area contributed by atoms with Gasteiger partial charge in [0.25, 0.3) is 0 Å². The minimum atomic E-state index is -0.0995.